The molecule has 3 atom stereocenters. The Hall–Kier alpha value is -3.35. The summed E-state index contributed by atoms with van der Waals surface area (Å²) < 4.78 is 5.65. The van der Waals surface area contributed by atoms with Gasteiger partial charge in [-0.1, -0.05) is 61.4 Å². The second kappa shape index (κ2) is 9.65. The lowest BCUT2D eigenvalue weighted by molar-refractivity contribution is -0.150. The number of nitrogens with one attached hydrogen (secondary N) is 1. The van der Waals surface area contributed by atoms with Crippen molar-refractivity contribution >= 4 is 18.0 Å². The molecule has 7 nitrogen and oxygen atoms in total. The molecule has 0 spiro atoms. The van der Waals surface area contributed by atoms with Crippen LogP contribution < -0.4 is 5.32 Å². The Morgan fingerprint density at radius 3 is 2.21 bits per heavy atom. The average molecular weight is 451 g/mol. The summed E-state index contributed by atoms with van der Waals surface area (Å²) in [6, 6.07) is 15.0. The van der Waals surface area contributed by atoms with Crippen LogP contribution in [0.5, 0.6) is 0 Å². The van der Waals surface area contributed by atoms with Gasteiger partial charge in [-0.2, -0.15) is 0 Å². The maximum atomic E-state index is 12.9. The minimum absolute atomic E-state index is 0.0329. The summed E-state index contributed by atoms with van der Waals surface area (Å²) in [6.45, 7) is 1.69. The zero-order valence-electron chi connectivity index (χ0n) is 19.0. The lowest BCUT2D eigenvalue weighted by atomic mass is 9.83. The molecular weight excluding hydrogens is 420 g/mol. The Labute approximate surface area is 193 Å². The highest BCUT2D eigenvalue weighted by Gasteiger charge is 2.37. The third-order valence-corrected chi connectivity index (χ3v) is 7.02. The standard InChI is InChI=1S/C26H30N2O5/c1-16(25(30)31)28(2)24(29)21-13-7-8-14-23(21)27-26(32)33-15-22-19-11-5-3-9-17(19)18-10-4-6-12-20(18)22/h3-6,9-12,16,21-23H,7-8,13-15H2,1-2H3,(H,27,32)(H,30,31). The van der Waals surface area contributed by atoms with E-state index in [1.54, 1.807) is 0 Å². The first-order valence-electron chi connectivity index (χ1n) is 11.5. The molecule has 0 radical (unpaired) electrons. The van der Waals surface area contributed by atoms with Crippen molar-refractivity contribution in [2.24, 2.45) is 5.92 Å². The van der Waals surface area contributed by atoms with E-state index in [1.807, 2.05) is 24.3 Å². The van der Waals surface area contributed by atoms with Crippen molar-refractivity contribution in [1.82, 2.24) is 10.2 Å². The number of carboxylic acid groups (broad SMARTS) is 1. The fourth-order valence-corrected chi connectivity index (χ4v) is 5.01. The summed E-state index contributed by atoms with van der Waals surface area (Å²) in [5, 5.41) is 12.1. The number of carboxylic acids is 1. The second-order valence-electron chi connectivity index (χ2n) is 8.93. The first kappa shape index (κ1) is 22.8. The number of carbonyl (C=O) groups excluding carboxylic acids is 2. The van der Waals surface area contributed by atoms with Crippen LogP contribution in [-0.2, 0) is 14.3 Å². The molecule has 3 unspecified atom stereocenters. The Kier molecular flexibility index (Phi) is 6.67. The monoisotopic (exact) mass is 450 g/mol. The SMILES string of the molecule is CC(C(=O)O)N(C)C(=O)C1CCCCC1NC(=O)OCC1c2ccccc2-c2ccccc21. The van der Waals surface area contributed by atoms with Gasteiger partial charge in [0.15, 0.2) is 0 Å². The van der Waals surface area contributed by atoms with Crippen molar-refractivity contribution in [2.45, 2.75) is 50.6 Å². The number of hydrogen-bond acceptors (Lipinski definition) is 4. The van der Waals surface area contributed by atoms with Crippen LogP contribution in [0.25, 0.3) is 11.1 Å². The van der Waals surface area contributed by atoms with Gasteiger partial charge < -0.3 is 20.1 Å². The highest BCUT2D eigenvalue weighted by molar-refractivity contribution is 5.85. The zero-order chi connectivity index (χ0) is 23.5. The van der Waals surface area contributed by atoms with Crippen LogP contribution in [-0.4, -0.2) is 53.7 Å². The molecule has 2 aliphatic carbocycles. The third-order valence-electron chi connectivity index (χ3n) is 7.02. The lowest BCUT2D eigenvalue weighted by Crippen LogP contribution is -2.51. The van der Waals surface area contributed by atoms with E-state index >= 15 is 0 Å². The van der Waals surface area contributed by atoms with Gasteiger partial charge in [0, 0.05) is 19.0 Å². The Balaban J connectivity index is 1.41. The number of benzene rings is 2. The van der Waals surface area contributed by atoms with Gasteiger partial charge in [0.05, 0.1) is 5.92 Å². The van der Waals surface area contributed by atoms with Gasteiger partial charge in [0.25, 0.3) is 0 Å². The van der Waals surface area contributed by atoms with E-state index in [1.165, 1.54) is 18.9 Å². The number of rotatable bonds is 6. The predicted octanol–water partition coefficient (Wildman–Crippen LogP) is 4.02. The molecule has 1 saturated carbocycles. The first-order valence-corrected chi connectivity index (χ1v) is 11.5. The smallest absolute Gasteiger partial charge is 0.407 e. The number of likely N-dealkylation sites (N-methyl/N-ethyl adjacent to an activating group) is 1. The largest absolute Gasteiger partial charge is 0.480 e. The molecule has 174 valence electrons. The molecule has 0 heterocycles. The number of amides is 2. The number of aliphatic carboxylic acids is 1. The minimum atomic E-state index is -1.05. The van der Waals surface area contributed by atoms with Crippen LogP contribution in [0.2, 0.25) is 0 Å². The molecule has 2 N–H and O–H groups in total. The molecule has 2 aliphatic rings. The number of ether oxygens (including phenoxy) is 1. The van der Waals surface area contributed by atoms with Crippen molar-refractivity contribution in [3.63, 3.8) is 0 Å². The predicted molar refractivity (Wildman–Crippen MR) is 124 cm³/mol. The van der Waals surface area contributed by atoms with Crippen molar-refractivity contribution in [3.05, 3.63) is 59.7 Å². The minimum Gasteiger partial charge on any atom is -0.480 e. The number of fused-ring (bicyclic) bond motifs is 3. The van der Waals surface area contributed by atoms with Crippen LogP contribution in [0.3, 0.4) is 0 Å². The molecule has 0 saturated heterocycles. The quantitative estimate of drug-likeness (QED) is 0.693. The first-order chi connectivity index (χ1) is 15.9. The van der Waals surface area contributed by atoms with E-state index < -0.39 is 24.0 Å². The van der Waals surface area contributed by atoms with Crippen LogP contribution in [0.15, 0.2) is 48.5 Å². The number of alkyl carbamates (subject to hydrolysis) is 1. The summed E-state index contributed by atoms with van der Waals surface area (Å²) >= 11 is 0. The van der Waals surface area contributed by atoms with Gasteiger partial charge in [-0.3, -0.25) is 4.79 Å². The van der Waals surface area contributed by atoms with Crippen molar-refractivity contribution in [2.75, 3.05) is 13.7 Å². The zero-order valence-corrected chi connectivity index (χ0v) is 19.0. The van der Waals surface area contributed by atoms with Crippen LogP contribution in [0.4, 0.5) is 4.79 Å². The highest BCUT2D eigenvalue weighted by atomic mass is 16.5. The molecule has 1 fully saturated rings. The van der Waals surface area contributed by atoms with E-state index in [2.05, 4.69) is 29.6 Å². The number of carbonyl (C=O) groups is 3. The Bertz CT molecular complexity index is 1010. The molecule has 0 aliphatic heterocycles. The molecule has 7 heteroatoms. The highest BCUT2D eigenvalue weighted by Crippen LogP contribution is 2.44. The van der Waals surface area contributed by atoms with Crippen LogP contribution >= 0.6 is 0 Å². The molecule has 4 rings (SSSR count). The molecule has 2 amide bonds. The third kappa shape index (κ3) is 4.58. The van der Waals surface area contributed by atoms with Gasteiger partial charge >= 0.3 is 12.1 Å². The molecule has 33 heavy (non-hydrogen) atoms. The summed E-state index contributed by atoms with van der Waals surface area (Å²) in [5.41, 5.74) is 4.61. The van der Waals surface area contributed by atoms with Crippen LogP contribution in [0, 0.1) is 5.92 Å². The van der Waals surface area contributed by atoms with Gasteiger partial charge in [-0.15, -0.1) is 0 Å². The molecule has 2 aromatic rings. The van der Waals surface area contributed by atoms with Gasteiger partial charge in [0.1, 0.15) is 12.6 Å². The topological polar surface area (TPSA) is 95.9 Å². The van der Waals surface area contributed by atoms with Crippen molar-refractivity contribution in [1.29, 1.82) is 0 Å². The van der Waals surface area contributed by atoms with E-state index in [-0.39, 0.29) is 24.5 Å². The van der Waals surface area contributed by atoms with E-state index in [0.29, 0.717) is 12.8 Å². The number of nitrogens with zero attached hydrogens (tertiary/aromatic N) is 1. The average Bonchev–Trinajstić information content (AvgIpc) is 3.15. The fraction of sp³-hybridized carbons (Fsp3) is 0.423. The van der Waals surface area contributed by atoms with Crippen molar-refractivity contribution in [3.8, 4) is 11.1 Å². The summed E-state index contributed by atoms with van der Waals surface area (Å²) in [4.78, 5) is 38.2. The van der Waals surface area contributed by atoms with Gasteiger partial charge in [0.2, 0.25) is 5.91 Å². The normalized spacial score (nSPS) is 20.3. The molecule has 2 aromatic carbocycles. The Morgan fingerprint density at radius 2 is 1.61 bits per heavy atom. The van der Waals surface area contributed by atoms with Gasteiger partial charge in [-0.05, 0) is 42.0 Å². The summed E-state index contributed by atoms with van der Waals surface area (Å²) in [6.07, 6.45) is 2.50. The van der Waals surface area contributed by atoms with Crippen molar-refractivity contribution < 1.29 is 24.2 Å². The van der Waals surface area contributed by atoms with E-state index in [0.717, 1.165) is 35.1 Å². The maximum absolute atomic E-state index is 12.9. The molecule has 0 aromatic heterocycles. The maximum Gasteiger partial charge on any atom is 0.407 e. The molecular formula is C26H30N2O5. The van der Waals surface area contributed by atoms with E-state index in [9.17, 15) is 19.5 Å². The molecule has 0 bridgehead atoms. The summed E-state index contributed by atoms with van der Waals surface area (Å²) in [5.74, 6) is -1.79. The van der Waals surface area contributed by atoms with Crippen LogP contribution in [0.1, 0.15) is 49.7 Å². The summed E-state index contributed by atoms with van der Waals surface area (Å²) in [7, 11) is 1.50. The van der Waals surface area contributed by atoms with E-state index in [4.69, 9.17) is 4.74 Å². The van der Waals surface area contributed by atoms with Gasteiger partial charge in [-0.25, -0.2) is 9.59 Å². The fourth-order valence-electron chi connectivity index (χ4n) is 5.01. The Morgan fingerprint density at radius 1 is 1.03 bits per heavy atom. The number of hydrogen-bond donors (Lipinski definition) is 2. The second-order valence-corrected chi connectivity index (χ2v) is 8.93. The lowest BCUT2D eigenvalue weighted by Gasteiger charge is -2.34.